The van der Waals surface area contributed by atoms with Gasteiger partial charge in [-0.1, -0.05) is 6.07 Å². The molecule has 0 spiro atoms. The Balaban J connectivity index is 1.46. The van der Waals surface area contributed by atoms with Crippen molar-refractivity contribution in [1.82, 2.24) is 15.1 Å². The lowest BCUT2D eigenvalue weighted by atomic mass is 10.1. The van der Waals surface area contributed by atoms with E-state index in [9.17, 15) is 18.0 Å². The molecule has 0 radical (unpaired) electrons. The molecule has 0 saturated carbocycles. The zero-order valence-corrected chi connectivity index (χ0v) is 19.1. The predicted molar refractivity (Wildman–Crippen MR) is 125 cm³/mol. The minimum atomic E-state index is -4.50. The molecule has 1 atom stereocenters. The van der Waals surface area contributed by atoms with Gasteiger partial charge in [0.25, 0.3) is 0 Å². The average molecular weight is 489 g/mol. The van der Waals surface area contributed by atoms with Gasteiger partial charge in [0.1, 0.15) is 5.75 Å². The van der Waals surface area contributed by atoms with E-state index in [1.54, 1.807) is 36.1 Å². The Morgan fingerprint density at radius 3 is 2.69 bits per heavy atom. The maximum Gasteiger partial charge on any atom is 0.416 e. The van der Waals surface area contributed by atoms with Gasteiger partial charge in [0, 0.05) is 49.7 Å². The summed E-state index contributed by atoms with van der Waals surface area (Å²) in [5, 5.41) is 12.6. The number of anilines is 2. The molecule has 1 aliphatic rings. The van der Waals surface area contributed by atoms with Crippen LogP contribution in [0.5, 0.6) is 5.75 Å². The highest BCUT2D eigenvalue weighted by Gasteiger charge is 2.30. The number of morpholine rings is 1. The zero-order valence-electron chi connectivity index (χ0n) is 19.1. The molecule has 1 fully saturated rings. The molecule has 1 aliphatic heterocycles. The van der Waals surface area contributed by atoms with E-state index in [0.717, 1.165) is 37.3 Å². The van der Waals surface area contributed by atoms with Gasteiger partial charge in [-0.15, -0.1) is 0 Å². The Morgan fingerprint density at radius 1 is 1.20 bits per heavy atom. The number of nitrogens with zero attached hydrogens (tertiary/aromatic N) is 2. The summed E-state index contributed by atoms with van der Waals surface area (Å²) in [6, 6.07) is 10.7. The lowest BCUT2D eigenvalue weighted by Crippen LogP contribution is -2.39. The molecule has 2 aromatic carbocycles. The monoisotopic (exact) mass is 489 g/mol. The molecule has 1 saturated heterocycles. The molecule has 3 N–H and O–H groups in total. The third-order valence-corrected chi connectivity index (χ3v) is 5.48. The lowest BCUT2D eigenvalue weighted by molar-refractivity contribution is -0.137. The summed E-state index contributed by atoms with van der Waals surface area (Å²) in [5.41, 5.74) is 1.12. The molecule has 2 amide bonds. The van der Waals surface area contributed by atoms with Crippen LogP contribution in [0.2, 0.25) is 0 Å². The standard InChI is InChI=1S/C24H26F3N5O3/c1-32-21(7-9-29-32)20-14-18(5-6-22(20)35-11-8-19-15-28-10-12-34-19)31-23(33)30-17-4-2-3-16(13-17)24(25,26)27/h2-7,9,13-14,19,28H,8,10-12,15H2,1H3,(H2,30,31,33). The van der Waals surface area contributed by atoms with Crippen molar-refractivity contribution in [3.05, 3.63) is 60.3 Å². The summed E-state index contributed by atoms with van der Waals surface area (Å²) >= 11 is 0. The lowest BCUT2D eigenvalue weighted by Gasteiger charge is -2.23. The summed E-state index contributed by atoms with van der Waals surface area (Å²) in [5.74, 6) is 0.612. The van der Waals surface area contributed by atoms with E-state index in [2.05, 4.69) is 21.0 Å². The van der Waals surface area contributed by atoms with Crippen molar-refractivity contribution in [3.63, 3.8) is 0 Å². The van der Waals surface area contributed by atoms with Crippen LogP contribution in [0.15, 0.2) is 54.7 Å². The fourth-order valence-electron chi connectivity index (χ4n) is 3.74. The van der Waals surface area contributed by atoms with Gasteiger partial charge in [0.05, 0.1) is 30.6 Å². The van der Waals surface area contributed by atoms with Crippen LogP contribution in [0.3, 0.4) is 0 Å². The second kappa shape index (κ2) is 10.8. The minimum Gasteiger partial charge on any atom is -0.493 e. The smallest absolute Gasteiger partial charge is 0.416 e. The van der Waals surface area contributed by atoms with Gasteiger partial charge in [0.2, 0.25) is 0 Å². The molecule has 11 heteroatoms. The fourth-order valence-corrected chi connectivity index (χ4v) is 3.74. The van der Waals surface area contributed by atoms with Crippen LogP contribution in [0.1, 0.15) is 12.0 Å². The summed E-state index contributed by atoms with van der Waals surface area (Å²) in [7, 11) is 1.79. The van der Waals surface area contributed by atoms with E-state index < -0.39 is 17.8 Å². The molecule has 186 valence electrons. The summed E-state index contributed by atoms with van der Waals surface area (Å²) in [6.45, 7) is 2.74. The van der Waals surface area contributed by atoms with Crippen LogP contribution in [-0.4, -0.2) is 48.2 Å². The number of hydrogen-bond donors (Lipinski definition) is 3. The maximum absolute atomic E-state index is 12.9. The van der Waals surface area contributed by atoms with Crippen molar-refractivity contribution in [2.75, 3.05) is 36.9 Å². The van der Waals surface area contributed by atoms with Gasteiger partial charge < -0.3 is 25.4 Å². The largest absolute Gasteiger partial charge is 0.493 e. The molecule has 35 heavy (non-hydrogen) atoms. The van der Waals surface area contributed by atoms with E-state index in [4.69, 9.17) is 9.47 Å². The number of aromatic nitrogens is 2. The molecule has 3 aromatic rings. The molecular weight excluding hydrogens is 463 g/mol. The number of carbonyl (C=O) groups is 1. The van der Waals surface area contributed by atoms with Crippen molar-refractivity contribution in [2.45, 2.75) is 18.7 Å². The molecular formula is C24H26F3N5O3. The van der Waals surface area contributed by atoms with Crippen LogP contribution in [-0.2, 0) is 18.0 Å². The van der Waals surface area contributed by atoms with Gasteiger partial charge >= 0.3 is 12.2 Å². The highest BCUT2D eigenvalue weighted by molar-refractivity contribution is 6.00. The number of alkyl halides is 3. The number of ether oxygens (including phenoxy) is 2. The molecule has 8 nitrogen and oxygen atoms in total. The molecule has 1 aromatic heterocycles. The Hall–Kier alpha value is -3.57. The number of carbonyl (C=O) groups excluding carboxylic acids is 1. The number of benzene rings is 2. The van der Waals surface area contributed by atoms with Crippen molar-refractivity contribution in [3.8, 4) is 17.0 Å². The number of urea groups is 1. The Morgan fingerprint density at radius 2 is 2.00 bits per heavy atom. The minimum absolute atomic E-state index is 0.0311. The molecule has 0 aliphatic carbocycles. The SMILES string of the molecule is Cn1nccc1-c1cc(NC(=O)Nc2cccc(C(F)(F)F)c2)ccc1OCCC1CNCCO1. The molecule has 2 heterocycles. The number of nitrogens with one attached hydrogen (secondary N) is 3. The first kappa shape index (κ1) is 24.6. The maximum atomic E-state index is 12.9. The molecule has 4 rings (SSSR count). The Labute approximate surface area is 200 Å². The van der Waals surface area contributed by atoms with E-state index in [0.29, 0.717) is 30.2 Å². The quantitative estimate of drug-likeness (QED) is 0.455. The van der Waals surface area contributed by atoms with Crippen molar-refractivity contribution >= 4 is 17.4 Å². The third kappa shape index (κ3) is 6.52. The topological polar surface area (TPSA) is 89.4 Å². The molecule has 1 unspecified atom stereocenters. The van der Waals surface area contributed by atoms with Crippen molar-refractivity contribution in [1.29, 1.82) is 0 Å². The second-order valence-corrected chi connectivity index (χ2v) is 8.04. The fraction of sp³-hybridized carbons (Fsp3) is 0.333. The van der Waals surface area contributed by atoms with Gasteiger partial charge in [-0.25, -0.2) is 4.79 Å². The van der Waals surface area contributed by atoms with Crippen molar-refractivity contribution in [2.24, 2.45) is 7.05 Å². The van der Waals surface area contributed by atoms with Crippen LogP contribution >= 0.6 is 0 Å². The van der Waals surface area contributed by atoms with Gasteiger partial charge in [-0.05, 0) is 42.5 Å². The van der Waals surface area contributed by atoms with Gasteiger partial charge in [-0.2, -0.15) is 18.3 Å². The number of halogens is 3. The first-order valence-corrected chi connectivity index (χ1v) is 11.1. The second-order valence-electron chi connectivity index (χ2n) is 8.04. The first-order valence-electron chi connectivity index (χ1n) is 11.1. The highest BCUT2D eigenvalue weighted by Crippen LogP contribution is 2.33. The van der Waals surface area contributed by atoms with E-state index in [1.807, 2.05) is 6.07 Å². The zero-order chi connectivity index (χ0) is 24.8. The number of amides is 2. The number of rotatable bonds is 7. The van der Waals surface area contributed by atoms with Crippen LogP contribution < -0.4 is 20.7 Å². The van der Waals surface area contributed by atoms with E-state index in [1.165, 1.54) is 12.1 Å². The Bertz CT molecular complexity index is 1160. The van der Waals surface area contributed by atoms with E-state index >= 15 is 0 Å². The highest BCUT2D eigenvalue weighted by atomic mass is 19.4. The average Bonchev–Trinajstić information content (AvgIpc) is 3.26. The summed E-state index contributed by atoms with van der Waals surface area (Å²) < 4.78 is 52.2. The van der Waals surface area contributed by atoms with Gasteiger partial charge in [0.15, 0.2) is 0 Å². The van der Waals surface area contributed by atoms with E-state index in [-0.39, 0.29) is 11.8 Å². The van der Waals surface area contributed by atoms with Crippen LogP contribution in [0.4, 0.5) is 29.3 Å². The summed E-state index contributed by atoms with van der Waals surface area (Å²) in [6.07, 6.45) is -2.04. The van der Waals surface area contributed by atoms with Crippen LogP contribution in [0.25, 0.3) is 11.3 Å². The number of hydrogen-bond acceptors (Lipinski definition) is 5. The third-order valence-electron chi connectivity index (χ3n) is 5.48. The van der Waals surface area contributed by atoms with Gasteiger partial charge in [-0.3, -0.25) is 4.68 Å². The number of aryl methyl sites for hydroxylation is 1. The molecule has 0 bridgehead atoms. The van der Waals surface area contributed by atoms with Crippen molar-refractivity contribution < 1.29 is 27.4 Å². The van der Waals surface area contributed by atoms with Crippen LogP contribution in [0, 0.1) is 0 Å². The predicted octanol–water partition coefficient (Wildman–Crippen LogP) is 4.51. The summed E-state index contributed by atoms with van der Waals surface area (Å²) in [4.78, 5) is 12.5. The Kier molecular flexibility index (Phi) is 7.57. The first-order chi connectivity index (χ1) is 16.8. The normalized spacial score (nSPS) is 16.1.